The smallest absolute Gasteiger partial charge is 0.276 e. The summed E-state index contributed by atoms with van der Waals surface area (Å²) in [5, 5.41) is 0. The van der Waals surface area contributed by atoms with Gasteiger partial charge in [-0.05, 0) is 32.7 Å². The predicted molar refractivity (Wildman–Crippen MR) is 98.8 cm³/mol. The topological polar surface area (TPSA) is 72.4 Å². The summed E-state index contributed by atoms with van der Waals surface area (Å²) in [6, 6.07) is 8.07. The molecule has 1 saturated heterocycles. The SMILES string of the molecule is Cc1ccc(-c2ocnc2C(=O)N2CC(CN)CC2C)cc1.Cl.Cl. The van der Waals surface area contributed by atoms with Crippen LogP contribution in [0, 0.1) is 12.8 Å². The fourth-order valence-corrected chi connectivity index (χ4v) is 3.04. The van der Waals surface area contributed by atoms with Crippen molar-refractivity contribution in [2.75, 3.05) is 13.1 Å². The normalized spacial score (nSPS) is 19.5. The molecule has 1 fully saturated rings. The van der Waals surface area contributed by atoms with E-state index in [0.717, 1.165) is 17.5 Å². The summed E-state index contributed by atoms with van der Waals surface area (Å²) < 4.78 is 5.48. The summed E-state index contributed by atoms with van der Waals surface area (Å²) in [6.07, 6.45) is 2.28. The standard InChI is InChI=1S/C17H21N3O2.2ClH/c1-11-3-5-14(6-4-11)16-15(19-10-22-16)17(21)20-9-13(8-18)7-12(20)2;;/h3-6,10,12-13H,7-9,18H2,1-2H3;2*1H. The van der Waals surface area contributed by atoms with Crippen LogP contribution in [-0.2, 0) is 0 Å². The molecule has 0 bridgehead atoms. The molecule has 1 aliphatic heterocycles. The molecular formula is C17H23Cl2N3O2. The lowest BCUT2D eigenvalue weighted by Gasteiger charge is -2.20. The molecule has 2 heterocycles. The number of aromatic nitrogens is 1. The first-order valence-corrected chi connectivity index (χ1v) is 7.61. The van der Waals surface area contributed by atoms with Gasteiger partial charge in [-0.2, -0.15) is 0 Å². The zero-order chi connectivity index (χ0) is 15.7. The van der Waals surface area contributed by atoms with E-state index in [1.54, 1.807) is 0 Å². The van der Waals surface area contributed by atoms with Crippen molar-refractivity contribution in [2.45, 2.75) is 26.3 Å². The highest BCUT2D eigenvalue weighted by molar-refractivity contribution is 5.98. The van der Waals surface area contributed by atoms with Gasteiger partial charge in [0, 0.05) is 18.2 Å². The van der Waals surface area contributed by atoms with E-state index in [9.17, 15) is 4.79 Å². The number of likely N-dealkylation sites (tertiary alicyclic amines) is 1. The van der Waals surface area contributed by atoms with Crippen LogP contribution in [-0.4, -0.2) is 34.9 Å². The maximum atomic E-state index is 12.8. The number of rotatable bonds is 3. The van der Waals surface area contributed by atoms with Gasteiger partial charge in [0.05, 0.1) is 0 Å². The summed E-state index contributed by atoms with van der Waals surface area (Å²) in [5.74, 6) is 0.829. The molecular weight excluding hydrogens is 349 g/mol. The van der Waals surface area contributed by atoms with Crippen molar-refractivity contribution in [3.8, 4) is 11.3 Å². The Labute approximate surface area is 154 Å². The molecule has 1 amide bonds. The number of oxazole rings is 1. The largest absolute Gasteiger partial charge is 0.443 e. The first kappa shape index (κ1) is 20.5. The van der Waals surface area contributed by atoms with Crippen molar-refractivity contribution in [1.29, 1.82) is 0 Å². The van der Waals surface area contributed by atoms with Gasteiger partial charge in [0.1, 0.15) is 0 Å². The molecule has 5 nitrogen and oxygen atoms in total. The predicted octanol–water partition coefficient (Wildman–Crippen LogP) is 3.30. The van der Waals surface area contributed by atoms with Gasteiger partial charge in [-0.15, -0.1) is 24.8 Å². The third-order valence-electron chi connectivity index (χ3n) is 4.34. The van der Waals surface area contributed by atoms with Crippen molar-refractivity contribution in [3.05, 3.63) is 41.9 Å². The van der Waals surface area contributed by atoms with E-state index < -0.39 is 0 Å². The van der Waals surface area contributed by atoms with Crippen LogP contribution >= 0.6 is 24.8 Å². The average Bonchev–Trinajstić information content (AvgIpc) is 3.14. The highest BCUT2D eigenvalue weighted by Crippen LogP contribution is 2.28. The summed E-state index contributed by atoms with van der Waals surface area (Å²) >= 11 is 0. The Hall–Kier alpha value is -1.56. The number of nitrogens with two attached hydrogens (primary N) is 1. The first-order chi connectivity index (χ1) is 10.6. The van der Waals surface area contributed by atoms with E-state index in [4.69, 9.17) is 10.2 Å². The number of carbonyl (C=O) groups is 1. The maximum absolute atomic E-state index is 12.8. The van der Waals surface area contributed by atoms with Gasteiger partial charge in [0.25, 0.3) is 5.91 Å². The van der Waals surface area contributed by atoms with Crippen molar-refractivity contribution in [3.63, 3.8) is 0 Å². The van der Waals surface area contributed by atoms with Crippen LogP contribution in [0.3, 0.4) is 0 Å². The monoisotopic (exact) mass is 371 g/mol. The number of hydrogen-bond acceptors (Lipinski definition) is 4. The number of hydrogen-bond donors (Lipinski definition) is 1. The molecule has 2 N–H and O–H groups in total. The van der Waals surface area contributed by atoms with Crippen molar-refractivity contribution in [1.82, 2.24) is 9.88 Å². The minimum Gasteiger partial charge on any atom is -0.443 e. The lowest BCUT2D eigenvalue weighted by Crippen LogP contribution is -2.34. The minimum atomic E-state index is -0.0761. The number of benzene rings is 1. The third kappa shape index (κ3) is 3.91. The molecule has 24 heavy (non-hydrogen) atoms. The van der Waals surface area contributed by atoms with Gasteiger partial charge in [-0.1, -0.05) is 29.8 Å². The molecule has 1 aliphatic rings. The highest BCUT2D eigenvalue weighted by Gasteiger charge is 2.34. The third-order valence-corrected chi connectivity index (χ3v) is 4.34. The summed E-state index contributed by atoms with van der Waals surface area (Å²) in [4.78, 5) is 18.8. The van der Waals surface area contributed by atoms with E-state index in [2.05, 4.69) is 11.9 Å². The summed E-state index contributed by atoms with van der Waals surface area (Å²) in [5.41, 5.74) is 8.15. The van der Waals surface area contributed by atoms with Gasteiger partial charge in [-0.3, -0.25) is 4.79 Å². The van der Waals surface area contributed by atoms with E-state index in [0.29, 0.717) is 30.5 Å². The quantitative estimate of drug-likeness (QED) is 0.897. The molecule has 0 radical (unpaired) electrons. The molecule has 2 atom stereocenters. The van der Waals surface area contributed by atoms with Crippen LogP contribution in [0.2, 0.25) is 0 Å². The van der Waals surface area contributed by atoms with E-state index in [1.807, 2.05) is 36.1 Å². The van der Waals surface area contributed by atoms with Crippen molar-refractivity contribution < 1.29 is 9.21 Å². The summed E-state index contributed by atoms with van der Waals surface area (Å²) in [7, 11) is 0. The van der Waals surface area contributed by atoms with Crippen LogP contribution in [0.25, 0.3) is 11.3 Å². The van der Waals surface area contributed by atoms with Crippen LogP contribution in [0.15, 0.2) is 35.1 Å². The summed E-state index contributed by atoms with van der Waals surface area (Å²) in [6.45, 7) is 5.38. The van der Waals surface area contributed by atoms with Crippen LogP contribution in [0.1, 0.15) is 29.4 Å². The van der Waals surface area contributed by atoms with Crippen molar-refractivity contribution in [2.24, 2.45) is 11.7 Å². The Morgan fingerprint density at radius 3 is 2.58 bits per heavy atom. The van der Waals surface area contributed by atoms with E-state index >= 15 is 0 Å². The molecule has 1 aromatic heterocycles. The second-order valence-corrected chi connectivity index (χ2v) is 6.04. The molecule has 3 rings (SSSR count). The van der Waals surface area contributed by atoms with Crippen molar-refractivity contribution >= 4 is 30.7 Å². The lowest BCUT2D eigenvalue weighted by atomic mass is 10.1. The van der Waals surface area contributed by atoms with Gasteiger partial charge >= 0.3 is 0 Å². The molecule has 1 aromatic carbocycles. The average molecular weight is 372 g/mol. The Morgan fingerprint density at radius 2 is 2.00 bits per heavy atom. The van der Waals surface area contributed by atoms with Gasteiger partial charge in [0.15, 0.2) is 17.8 Å². The molecule has 0 spiro atoms. The Balaban J connectivity index is 0.00000144. The fraction of sp³-hybridized carbons (Fsp3) is 0.412. The number of halogens is 2. The number of nitrogens with zero attached hydrogens (tertiary/aromatic N) is 2. The van der Waals surface area contributed by atoms with Gasteiger partial charge in [0.2, 0.25) is 0 Å². The number of carbonyl (C=O) groups excluding carboxylic acids is 1. The van der Waals surface area contributed by atoms with Crippen LogP contribution < -0.4 is 5.73 Å². The molecule has 0 saturated carbocycles. The second kappa shape index (κ2) is 8.51. The Kier molecular flexibility index (Phi) is 7.27. The molecule has 132 valence electrons. The molecule has 2 unspecified atom stereocenters. The number of aryl methyl sites for hydroxylation is 1. The highest BCUT2D eigenvalue weighted by atomic mass is 35.5. The minimum absolute atomic E-state index is 0. The van der Waals surface area contributed by atoms with Crippen LogP contribution in [0.4, 0.5) is 0 Å². The fourth-order valence-electron chi connectivity index (χ4n) is 3.04. The van der Waals surface area contributed by atoms with Gasteiger partial charge < -0.3 is 15.1 Å². The maximum Gasteiger partial charge on any atom is 0.276 e. The van der Waals surface area contributed by atoms with Crippen LogP contribution in [0.5, 0.6) is 0 Å². The molecule has 2 aromatic rings. The Bertz CT molecular complexity index is 673. The zero-order valence-corrected chi connectivity index (χ0v) is 15.4. The second-order valence-electron chi connectivity index (χ2n) is 6.04. The van der Waals surface area contributed by atoms with E-state index in [-0.39, 0.29) is 36.8 Å². The lowest BCUT2D eigenvalue weighted by molar-refractivity contribution is 0.0738. The van der Waals surface area contributed by atoms with E-state index in [1.165, 1.54) is 6.39 Å². The number of amides is 1. The first-order valence-electron chi connectivity index (χ1n) is 7.61. The Morgan fingerprint density at radius 1 is 1.33 bits per heavy atom. The molecule has 7 heteroatoms. The van der Waals surface area contributed by atoms with Gasteiger partial charge in [-0.25, -0.2) is 4.98 Å². The zero-order valence-electron chi connectivity index (χ0n) is 13.8. The molecule has 0 aliphatic carbocycles.